The number of carbonyl (C=O) groups excluding carboxylic acids is 1. The molecule has 3 aliphatic heterocycles. The second kappa shape index (κ2) is 6.97. The van der Waals surface area contributed by atoms with Crippen molar-refractivity contribution in [1.29, 1.82) is 0 Å². The normalized spacial score (nSPS) is 24.7. The van der Waals surface area contributed by atoms with Crippen LogP contribution in [0.2, 0.25) is 0 Å². The summed E-state index contributed by atoms with van der Waals surface area (Å²) >= 11 is 3.64. The maximum atomic E-state index is 12.9. The maximum absolute atomic E-state index is 12.9. The third-order valence-electron chi connectivity index (χ3n) is 6.46. The summed E-state index contributed by atoms with van der Waals surface area (Å²) < 4.78 is 1.13. The number of benzene rings is 2. The number of rotatable bonds is 2. The fraction of sp³-hybridized carbons (Fsp3) is 0.435. The van der Waals surface area contributed by atoms with Gasteiger partial charge < -0.3 is 9.80 Å². The molecule has 2 atom stereocenters. The molecule has 27 heavy (non-hydrogen) atoms. The third kappa shape index (κ3) is 2.98. The number of hydrogen-bond acceptors (Lipinski definition) is 2. The van der Waals surface area contributed by atoms with Crippen molar-refractivity contribution in [1.82, 2.24) is 4.90 Å². The summed E-state index contributed by atoms with van der Waals surface area (Å²) in [5.74, 6) is 0.342. The van der Waals surface area contributed by atoms with Gasteiger partial charge in [0, 0.05) is 29.7 Å². The zero-order valence-corrected chi connectivity index (χ0v) is 17.1. The Bertz CT molecular complexity index is 880. The molecule has 0 saturated carbocycles. The van der Waals surface area contributed by atoms with E-state index in [0.717, 1.165) is 43.2 Å². The Morgan fingerprint density at radius 3 is 2.67 bits per heavy atom. The summed E-state index contributed by atoms with van der Waals surface area (Å²) in [4.78, 5) is 17.7. The second-order valence-corrected chi connectivity index (χ2v) is 8.93. The molecule has 0 aliphatic carbocycles. The summed E-state index contributed by atoms with van der Waals surface area (Å²) in [5, 5.41) is 0. The molecule has 2 aromatic carbocycles. The highest BCUT2D eigenvalue weighted by Crippen LogP contribution is 2.50. The molecule has 0 aromatic heterocycles. The van der Waals surface area contributed by atoms with Crippen LogP contribution in [0.1, 0.15) is 60.9 Å². The fourth-order valence-electron chi connectivity index (χ4n) is 5.22. The smallest absolute Gasteiger partial charge is 0.223 e. The SMILES string of the molecule is O=C1CCCCCN1C1CC(c2cccc(Br)c2)N2CCc3cccc1c32. The van der Waals surface area contributed by atoms with E-state index in [0.29, 0.717) is 18.4 Å². The number of amides is 1. The van der Waals surface area contributed by atoms with Crippen LogP contribution < -0.4 is 4.90 Å². The van der Waals surface area contributed by atoms with Gasteiger partial charge in [0.1, 0.15) is 0 Å². The highest BCUT2D eigenvalue weighted by atomic mass is 79.9. The summed E-state index contributed by atoms with van der Waals surface area (Å²) in [6.07, 6.45) is 6.13. The molecule has 3 heterocycles. The number of nitrogens with zero attached hydrogens (tertiary/aromatic N) is 2. The number of carbonyl (C=O) groups is 1. The average Bonchev–Trinajstić information content (AvgIpc) is 2.99. The van der Waals surface area contributed by atoms with Gasteiger partial charge in [-0.3, -0.25) is 4.79 Å². The van der Waals surface area contributed by atoms with Gasteiger partial charge in [0.2, 0.25) is 5.91 Å². The molecule has 0 spiro atoms. The number of anilines is 1. The van der Waals surface area contributed by atoms with Crippen molar-refractivity contribution in [3.05, 3.63) is 63.6 Å². The van der Waals surface area contributed by atoms with Gasteiger partial charge in [-0.25, -0.2) is 0 Å². The Kier molecular flexibility index (Phi) is 4.47. The summed E-state index contributed by atoms with van der Waals surface area (Å²) in [7, 11) is 0. The van der Waals surface area contributed by atoms with Crippen LogP contribution in [0, 0.1) is 0 Å². The van der Waals surface area contributed by atoms with Gasteiger partial charge in [0.25, 0.3) is 0 Å². The lowest BCUT2D eigenvalue weighted by atomic mass is 9.86. The van der Waals surface area contributed by atoms with E-state index in [1.807, 2.05) is 0 Å². The van der Waals surface area contributed by atoms with Crippen molar-refractivity contribution >= 4 is 27.5 Å². The van der Waals surface area contributed by atoms with Crippen LogP contribution >= 0.6 is 15.9 Å². The standard InChI is InChI=1S/C23H25BrN2O/c24-18-8-4-7-17(14-18)20-15-21(25-12-3-1-2-10-22(25)27)19-9-5-6-16-11-13-26(20)23(16)19/h4-9,14,20-21H,1-3,10-13,15H2. The van der Waals surface area contributed by atoms with E-state index in [9.17, 15) is 4.79 Å². The van der Waals surface area contributed by atoms with E-state index < -0.39 is 0 Å². The van der Waals surface area contributed by atoms with Crippen LogP contribution in [0.25, 0.3) is 0 Å². The Labute approximate surface area is 169 Å². The molecule has 1 saturated heterocycles. The Balaban J connectivity index is 1.60. The molecule has 3 nitrogen and oxygen atoms in total. The molecule has 0 bridgehead atoms. The minimum atomic E-state index is 0.198. The van der Waals surface area contributed by atoms with Gasteiger partial charge >= 0.3 is 0 Å². The van der Waals surface area contributed by atoms with E-state index in [1.54, 1.807) is 0 Å². The van der Waals surface area contributed by atoms with Crippen molar-refractivity contribution in [2.24, 2.45) is 0 Å². The van der Waals surface area contributed by atoms with Gasteiger partial charge in [0.15, 0.2) is 0 Å². The topological polar surface area (TPSA) is 23.6 Å². The number of hydrogen-bond donors (Lipinski definition) is 0. The summed E-state index contributed by atoms with van der Waals surface area (Å²) in [6, 6.07) is 15.9. The Morgan fingerprint density at radius 2 is 1.78 bits per heavy atom. The van der Waals surface area contributed by atoms with E-state index in [2.05, 4.69) is 68.2 Å². The van der Waals surface area contributed by atoms with E-state index in [1.165, 1.54) is 28.8 Å². The van der Waals surface area contributed by atoms with Crippen LogP contribution in [0.15, 0.2) is 46.9 Å². The molecule has 4 heteroatoms. The molecule has 1 amide bonds. The van der Waals surface area contributed by atoms with Crippen LogP contribution in [0.3, 0.4) is 0 Å². The molecule has 0 radical (unpaired) electrons. The predicted molar refractivity (Wildman–Crippen MR) is 112 cm³/mol. The lowest BCUT2D eigenvalue weighted by Gasteiger charge is -2.44. The van der Waals surface area contributed by atoms with Gasteiger partial charge in [-0.2, -0.15) is 0 Å². The Morgan fingerprint density at radius 1 is 0.889 bits per heavy atom. The highest BCUT2D eigenvalue weighted by Gasteiger charge is 2.41. The van der Waals surface area contributed by atoms with Crippen LogP contribution in [-0.2, 0) is 11.2 Å². The van der Waals surface area contributed by atoms with Crippen LogP contribution in [-0.4, -0.2) is 23.9 Å². The Hall–Kier alpha value is -1.81. The molecule has 1 fully saturated rings. The first-order chi connectivity index (χ1) is 13.2. The number of likely N-dealkylation sites (tertiary alicyclic amines) is 1. The molecule has 2 aromatic rings. The van der Waals surface area contributed by atoms with E-state index in [4.69, 9.17) is 0 Å². The molecular formula is C23H25BrN2O. The van der Waals surface area contributed by atoms with Crippen molar-refractivity contribution in [2.45, 2.75) is 50.6 Å². The maximum Gasteiger partial charge on any atom is 0.223 e. The van der Waals surface area contributed by atoms with Crippen molar-refractivity contribution in [3.63, 3.8) is 0 Å². The molecule has 2 unspecified atom stereocenters. The van der Waals surface area contributed by atoms with E-state index in [-0.39, 0.29) is 6.04 Å². The molecule has 5 rings (SSSR count). The molecule has 3 aliphatic rings. The van der Waals surface area contributed by atoms with Crippen LogP contribution in [0.4, 0.5) is 5.69 Å². The quantitative estimate of drug-likeness (QED) is 0.643. The summed E-state index contributed by atoms with van der Waals surface area (Å²) in [6.45, 7) is 1.97. The minimum absolute atomic E-state index is 0.198. The van der Waals surface area contributed by atoms with Gasteiger partial charge in [-0.1, -0.05) is 52.7 Å². The first-order valence-corrected chi connectivity index (χ1v) is 10.9. The first kappa shape index (κ1) is 17.3. The lowest BCUT2D eigenvalue weighted by Crippen LogP contribution is -2.41. The van der Waals surface area contributed by atoms with Gasteiger partial charge in [0.05, 0.1) is 12.1 Å². The second-order valence-electron chi connectivity index (χ2n) is 8.02. The van der Waals surface area contributed by atoms with E-state index >= 15 is 0 Å². The highest BCUT2D eigenvalue weighted by molar-refractivity contribution is 9.10. The third-order valence-corrected chi connectivity index (χ3v) is 6.95. The largest absolute Gasteiger partial charge is 0.364 e. The van der Waals surface area contributed by atoms with Crippen molar-refractivity contribution in [3.8, 4) is 0 Å². The average molecular weight is 425 g/mol. The van der Waals surface area contributed by atoms with Crippen molar-refractivity contribution in [2.75, 3.05) is 18.0 Å². The molecule has 140 valence electrons. The predicted octanol–water partition coefficient (Wildman–Crippen LogP) is 5.40. The zero-order valence-electron chi connectivity index (χ0n) is 15.5. The van der Waals surface area contributed by atoms with Crippen molar-refractivity contribution < 1.29 is 4.79 Å². The van der Waals surface area contributed by atoms with Gasteiger partial charge in [-0.05, 0) is 54.5 Å². The molecular weight excluding hydrogens is 400 g/mol. The molecule has 0 N–H and O–H groups in total. The van der Waals surface area contributed by atoms with Gasteiger partial charge in [-0.15, -0.1) is 0 Å². The lowest BCUT2D eigenvalue weighted by molar-refractivity contribution is -0.133. The fourth-order valence-corrected chi connectivity index (χ4v) is 5.64. The monoisotopic (exact) mass is 424 g/mol. The zero-order chi connectivity index (χ0) is 18.4. The minimum Gasteiger partial charge on any atom is -0.364 e. The first-order valence-electron chi connectivity index (χ1n) is 10.2. The number of para-hydroxylation sites is 1. The number of halogens is 1. The summed E-state index contributed by atoms with van der Waals surface area (Å²) in [5.41, 5.74) is 5.56. The van der Waals surface area contributed by atoms with Crippen LogP contribution in [0.5, 0.6) is 0 Å².